The molecule has 0 unspecified atom stereocenters. The minimum atomic E-state index is -0.424. The van der Waals surface area contributed by atoms with Gasteiger partial charge in [-0.05, 0) is 48.0 Å². The number of nitrogens with zero attached hydrogens (tertiary/aromatic N) is 2. The highest BCUT2D eigenvalue weighted by molar-refractivity contribution is 6.31. The van der Waals surface area contributed by atoms with E-state index in [4.69, 9.17) is 25.8 Å². The summed E-state index contributed by atoms with van der Waals surface area (Å²) >= 11 is 6.19. The lowest BCUT2D eigenvalue weighted by atomic mass is 10.1. The maximum Gasteiger partial charge on any atom is 0.289 e. The van der Waals surface area contributed by atoms with E-state index in [1.165, 1.54) is 6.21 Å². The van der Waals surface area contributed by atoms with Crippen molar-refractivity contribution in [1.29, 1.82) is 0 Å². The highest BCUT2D eigenvalue weighted by atomic mass is 35.5. The summed E-state index contributed by atoms with van der Waals surface area (Å²) in [6.07, 6.45) is 1.51. The van der Waals surface area contributed by atoms with Crippen LogP contribution in [0, 0.1) is 0 Å². The van der Waals surface area contributed by atoms with Gasteiger partial charge in [0.05, 0.1) is 26.1 Å². The Morgan fingerprint density at radius 3 is 2.66 bits per heavy atom. The summed E-state index contributed by atoms with van der Waals surface area (Å²) in [5.74, 6) is 1.42. The van der Waals surface area contributed by atoms with E-state index in [2.05, 4.69) is 20.7 Å². The minimum absolute atomic E-state index is 0.270. The Morgan fingerprint density at radius 1 is 1.03 bits per heavy atom. The van der Waals surface area contributed by atoms with Crippen LogP contribution in [-0.2, 0) is 6.61 Å². The summed E-state index contributed by atoms with van der Waals surface area (Å²) in [5, 5.41) is 11.6. The molecule has 0 atom stereocenters. The van der Waals surface area contributed by atoms with Gasteiger partial charge < -0.3 is 14.2 Å². The molecule has 8 nitrogen and oxygen atoms in total. The van der Waals surface area contributed by atoms with Crippen molar-refractivity contribution in [2.45, 2.75) is 6.61 Å². The fraction of sp³-hybridized carbons (Fsp3) is 0.115. The monoisotopic (exact) mass is 490 g/mol. The van der Waals surface area contributed by atoms with E-state index in [0.29, 0.717) is 34.6 Å². The summed E-state index contributed by atoms with van der Waals surface area (Å²) in [6, 6.07) is 21.9. The molecule has 1 amide bonds. The van der Waals surface area contributed by atoms with Crippen LogP contribution >= 0.6 is 11.6 Å². The number of H-pyrrole nitrogens is 1. The predicted molar refractivity (Wildman–Crippen MR) is 134 cm³/mol. The lowest BCUT2D eigenvalue weighted by Gasteiger charge is -2.08. The second kappa shape index (κ2) is 11.2. The molecule has 0 aliphatic rings. The fourth-order valence-electron chi connectivity index (χ4n) is 3.27. The number of amides is 1. The Morgan fingerprint density at radius 2 is 1.86 bits per heavy atom. The fourth-order valence-corrected chi connectivity index (χ4v) is 3.46. The smallest absolute Gasteiger partial charge is 0.289 e. The molecule has 0 fully saturated rings. The van der Waals surface area contributed by atoms with E-state index in [0.717, 1.165) is 16.7 Å². The Balaban J connectivity index is 1.39. The molecule has 0 saturated carbocycles. The van der Waals surface area contributed by atoms with Gasteiger partial charge in [0.2, 0.25) is 0 Å². The van der Waals surface area contributed by atoms with Crippen LogP contribution in [-0.4, -0.2) is 36.5 Å². The first-order valence-corrected chi connectivity index (χ1v) is 11.0. The number of aromatic amines is 1. The normalized spacial score (nSPS) is 10.8. The predicted octanol–water partition coefficient (Wildman–Crippen LogP) is 5.09. The third-order valence-corrected chi connectivity index (χ3v) is 5.46. The van der Waals surface area contributed by atoms with Gasteiger partial charge in [-0.3, -0.25) is 9.89 Å². The molecule has 0 spiro atoms. The summed E-state index contributed by atoms with van der Waals surface area (Å²) in [4.78, 5) is 12.5. The standard InChI is InChI=1S/C26H23ClN4O4/c1-33-24-11-10-17(12-25(24)34-2)15-28-31-26(32)23-14-22(29-30-23)18-7-5-8-20(13-18)35-16-19-6-3-4-9-21(19)27/h3-15H,16H2,1-2H3,(H,29,30)(H,31,32). The lowest BCUT2D eigenvalue weighted by Crippen LogP contribution is -2.18. The number of rotatable bonds is 9. The van der Waals surface area contributed by atoms with Crippen LogP contribution in [0.1, 0.15) is 21.6 Å². The zero-order chi connectivity index (χ0) is 24.6. The number of hydrogen-bond acceptors (Lipinski definition) is 6. The molecule has 0 aliphatic carbocycles. The topological polar surface area (TPSA) is 97.8 Å². The van der Waals surface area contributed by atoms with Gasteiger partial charge in [0.25, 0.3) is 5.91 Å². The highest BCUT2D eigenvalue weighted by Crippen LogP contribution is 2.27. The van der Waals surface area contributed by atoms with Crippen LogP contribution in [0.4, 0.5) is 0 Å². The molecule has 0 aliphatic heterocycles. The van der Waals surface area contributed by atoms with E-state index in [1.807, 2.05) is 48.5 Å². The van der Waals surface area contributed by atoms with Crippen molar-refractivity contribution in [1.82, 2.24) is 15.6 Å². The molecule has 0 bridgehead atoms. The molecule has 9 heteroatoms. The van der Waals surface area contributed by atoms with Crippen LogP contribution in [0.15, 0.2) is 77.9 Å². The summed E-state index contributed by atoms with van der Waals surface area (Å²) < 4.78 is 16.4. The summed E-state index contributed by atoms with van der Waals surface area (Å²) in [7, 11) is 3.12. The molecular formula is C26H23ClN4O4. The minimum Gasteiger partial charge on any atom is -0.493 e. The zero-order valence-electron chi connectivity index (χ0n) is 19.1. The van der Waals surface area contributed by atoms with Crippen LogP contribution in [0.2, 0.25) is 5.02 Å². The number of hydrazone groups is 1. The van der Waals surface area contributed by atoms with Gasteiger partial charge in [-0.15, -0.1) is 0 Å². The second-order valence-electron chi connectivity index (χ2n) is 7.39. The molecular weight excluding hydrogens is 468 g/mol. The molecule has 3 aromatic carbocycles. The van der Waals surface area contributed by atoms with E-state index in [-0.39, 0.29) is 5.69 Å². The third-order valence-electron chi connectivity index (χ3n) is 5.09. The van der Waals surface area contributed by atoms with Gasteiger partial charge in [0.15, 0.2) is 11.5 Å². The zero-order valence-corrected chi connectivity index (χ0v) is 19.9. The largest absolute Gasteiger partial charge is 0.493 e. The van der Waals surface area contributed by atoms with Crippen molar-refractivity contribution in [3.8, 4) is 28.5 Å². The number of aromatic nitrogens is 2. The molecule has 4 aromatic rings. The number of benzene rings is 3. The number of ether oxygens (including phenoxy) is 3. The van der Waals surface area contributed by atoms with Crippen molar-refractivity contribution in [2.75, 3.05) is 14.2 Å². The van der Waals surface area contributed by atoms with Crippen molar-refractivity contribution < 1.29 is 19.0 Å². The maximum absolute atomic E-state index is 12.5. The van der Waals surface area contributed by atoms with E-state index in [9.17, 15) is 4.79 Å². The van der Waals surface area contributed by atoms with Gasteiger partial charge in [-0.1, -0.05) is 41.9 Å². The average molecular weight is 491 g/mol. The van der Waals surface area contributed by atoms with E-state index >= 15 is 0 Å². The Labute approximate surface area is 207 Å². The molecule has 178 valence electrons. The van der Waals surface area contributed by atoms with Crippen LogP contribution < -0.4 is 19.6 Å². The first-order chi connectivity index (χ1) is 17.1. The van der Waals surface area contributed by atoms with Gasteiger partial charge >= 0.3 is 0 Å². The number of methoxy groups -OCH3 is 2. The summed E-state index contributed by atoms with van der Waals surface area (Å²) in [5.41, 5.74) is 5.78. The highest BCUT2D eigenvalue weighted by Gasteiger charge is 2.11. The van der Waals surface area contributed by atoms with Crippen LogP contribution in [0.25, 0.3) is 11.3 Å². The first-order valence-electron chi connectivity index (χ1n) is 10.6. The average Bonchev–Trinajstić information content (AvgIpc) is 3.39. The van der Waals surface area contributed by atoms with Gasteiger partial charge in [-0.25, -0.2) is 5.43 Å². The van der Waals surface area contributed by atoms with E-state index < -0.39 is 5.91 Å². The third kappa shape index (κ3) is 5.99. The van der Waals surface area contributed by atoms with Crippen molar-refractivity contribution in [3.63, 3.8) is 0 Å². The Kier molecular flexibility index (Phi) is 7.64. The molecule has 2 N–H and O–H groups in total. The first kappa shape index (κ1) is 23.8. The molecule has 4 rings (SSSR count). The molecule has 35 heavy (non-hydrogen) atoms. The quantitative estimate of drug-likeness (QED) is 0.251. The van der Waals surface area contributed by atoms with Gasteiger partial charge in [-0.2, -0.15) is 10.2 Å². The number of hydrogen-bond donors (Lipinski definition) is 2. The summed E-state index contributed by atoms with van der Waals surface area (Å²) in [6.45, 7) is 0.343. The molecule has 1 aromatic heterocycles. The van der Waals surface area contributed by atoms with Crippen LogP contribution in [0.5, 0.6) is 17.2 Å². The maximum atomic E-state index is 12.5. The van der Waals surface area contributed by atoms with Crippen LogP contribution in [0.3, 0.4) is 0 Å². The van der Waals surface area contributed by atoms with Crippen molar-refractivity contribution >= 4 is 23.7 Å². The van der Waals surface area contributed by atoms with Crippen molar-refractivity contribution in [2.24, 2.45) is 5.10 Å². The Hall–Kier alpha value is -4.30. The molecule has 1 heterocycles. The number of carbonyl (C=O) groups excluding carboxylic acids is 1. The molecule has 0 saturated heterocycles. The number of nitrogens with one attached hydrogen (secondary N) is 2. The second-order valence-corrected chi connectivity index (χ2v) is 7.80. The lowest BCUT2D eigenvalue weighted by molar-refractivity contribution is 0.0950. The number of halogens is 1. The van der Waals surface area contributed by atoms with Crippen molar-refractivity contribution in [3.05, 3.63) is 94.6 Å². The number of carbonyl (C=O) groups is 1. The van der Waals surface area contributed by atoms with Gasteiger partial charge in [0, 0.05) is 16.1 Å². The van der Waals surface area contributed by atoms with E-state index in [1.54, 1.807) is 38.5 Å². The van der Waals surface area contributed by atoms with Gasteiger partial charge in [0.1, 0.15) is 18.1 Å². The SMILES string of the molecule is COc1ccc(C=NNC(=O)c2cc(-c3cccc(OCc4ccccc4Cl)c3)n[nH]2)cc1OC. The molecule has 0 radical (unpaired) electrons. The Bertz CT molecular complexity index is 1350.